The fraction of sp³-hybridized carbons (Fsp3) is 0.746. The summed E-state index contributed by atoms with van der Waals surface area (Å²) in [6.45, 7) is 6.48. The van der Waals surface area contributed by atoms with Gasteiger partial charge in [0, 0.05) is 19.3 Å². The highest BCUT2D eigenvalue weighted by atomic mass is 16.6. The van der Waals surface area contributed by atoms with Crippen LogP contribution in [-0.4, -0.2) is 37.2 Å². The Bertz CT molecular complexity index is 1230. The summed E-state index contributed by atoms with van der Waals surface area (Å²) in [5, 5.41) is 0. The molecule has 0 spiro atoms. The second kappa shape index (κ2) is 53.5. The van der Waals surface area contributed by atoms with Gasteiger partial charge in [0.25, 0.3) is 0 Å². The predicted molar refractivity (Wildman–Crippen MR) is 279 cm³/mol. The Morgan fingerprint density at radius 2 is 0.615 bits per heavy atom. The fourth-order valence-electron chi connectivity index (χ4n) is 7.59. The van der Waals surface area contributed by atoms with Crippen molar-refractivity contribution in [3.63, 3.8) is 0 Å². The van der Waals surface area contributed by atoms with Crippen molar-refractivity contribution in [3.05, 3.63) is 72.9 Å². The molecule has 0 saturated carbocycles. The van der Waals surface area contributed by atoms with Crippen LogP contribution in [0.15, 0.2) is 72.9 Å². The molecule has 374 valence electrons. The van der Waals surface area contributed by atoms with Crippen LogP contribution in [0.2, 0.25) is 0 Å². The van der Waals surface area contributed by atoms with Crippen molar-refractivity contribution >= 4 is 17.9 Å². The highest BCUT2D eigenvalue weighted by Crippen LogP contribution is 2.15. The number of allylic oxidation sites excluding steroid dienone is 12. The van der Waals surface area contributed by atoms with E-state index >= 15 is 0 Å². The molecule has 1 atom stereocenters. The molecule has 6 heteroatoms. The Hall–Kier alpha value is -3.15. The smallest absolute Gasteiger partial charge is 0.306 e. The number of ether oxygens (including phenoxy) is 3. The van der Waals surface area contributed by atoms with Crippen LogP contribution in [0.1, 0.15) is 265 Å². The molecular weight excluding hydrogens is 805 g/mol. The van der Waals surface area contributed by atoms with Gasteiger partial charge in [-0.25, -0.2) is 0 Å². The summed E-state index contributed by atoms with van der Waals surface area (Å²) in [4.78, 5) is 38.0. The van der Waals surface area contributed by atoms with Crippen LogP contribution in [-0.2, 0) is 28.6 Å². The molecule has 0 aliphatic carbocycles. The lowest BCUT2D eigenvalue weighted by atomic mass is 10.0. The van der Waals surface area contributed by atoms with E-state index in [0.717, 1.165) is 89.9 Å². The van der Waals surface area contributed by atoms with E-state index in [4.69, 9.17) is 14.2 Å². The number of esters is 3. The van der Waals surface area contributed by atoms with Gasteiger partial charge in [-0.3, -0.25) is 14.4 Å². The lowest BCUT2D eigenvalue weighted by Gasteiger charge is -2.18. The van der Waals surface area contributed by atoms with E-state index in [2.05, 4.69) is 93.7 Å². The van der Waals surface area contributed by atoms with Gasteiger partial charge in [-0.2, -0.15) is 0 Å². The predicted octanol–water partition coefficient (Wildman–Crippen LogP) is 18.2. The van der Waals surface area contributed by atoms with Crippen LogP contribution in [0.3, 0.4) is 0 Å². The van der Waals surface area contributed by atoms with Crippen molar-refractivity contribution in [1.29, 1.82) is 0 Å². The monoisotopic (exact) mass is 907 g/mol. The topological polar surface area (TPSA) is 78.9 Å². The molecular formula is C59H102O6. The number of unbranched alkanes of at least 4 members (excludes halogenated alkanes) is 26. The van der Waals surface area contributed by atoms with Crippen molar-refractivity contribution in [3.8, 4) is 0 Å². The molecule has 0 saturated heterocycles. The molecule has 0 radical (unpaired) electrons. The van der Waals surface area contributed by atoms with Crippen LogP contribution in [0, 0.1) is 0 Å². The summed E-state index contributed by atoms with van der Waals surface area (Å²) in [5.41, 5.74) is 0. The van der Waals surface area contributed by atoms with E-state index in [9.17, 15) is 14.4 Å². The van der Waals surface area contributed by atoms with Gasteiger partial charge in [0.1, 0.15) is 13.2 Å². The summed E-state index contributed by atoms with van der Waals surface area (Å²) < 4.78 is 16.8. The van der Waals surface area contributed by atoms with Crippen molar-refractivity contribution in [1.82, 2.24) is 0 Å². The Kier molecular flexibility index (Phi) is 50.9. The third kappa shape index (κ3) is 51.7. The molecule has 0 aliphatic rings. The van der Waals surface area contributed by atoms with Crippen molar-refractivity contribution in [2.24, 2.45) is 0 Å². The van der Waals surface area contributed by atoms with Gasteiger partial charge in [-0.15, -0.1) is 0 Å². The molecule has 0 unspecified atom stereocenters. The van der Waals surface area contributed by atoms with Crippen LogP contribution in [0.4, 0.5) is 0 Å². The van der Waals surface area contributed by atoms with Gasteiger partial charge in [-0.1, -0.05) is 235 Å². The summed E-state index contributed by atoms with van der Waals surface area (Å²) in [7, 11) is 0. The largest absolute Gasteiger partial charge is 0.462 e. The molecule has 0 aromatic heterocycles. The Morgan fingerprint density at radius 3 is 1.02 bits per heavy atom. The Morgan fingerprint density at radius 1 is 0.323 bits per heavy atom. The van der Waals surface area contributed by atoms with Crippen LogP contribution < -0.4 is 0 Å². The molecule has 0 aromatic rings. The van der Waals surface area contributed by atoms with Crippen molar-refractivity contribution in [2.75, 3.05) is 13.2 Å². The highest BCUT2D eigenvalue weighted by Gasteiger charge is 2.19. The lowest BCUT2D eigenvalue weighted by Crippen LogP contribution is -2.30. The van der Waals surface area contributed by atoms with Gasteiger partial charge in [0.15, 0.2) is 6.10 Å². The molecule has 0 rings (SSSR count). The van der Waals surface area contributed by atoms with Gasteiger partial charge in [-0.05, 0) is 83.5 Å². The van der Waals surface area contributed by atoms with Crippen molar-refractivity contribution < 1.29 is 28.6 Å². The molecule has 0 fully saturated rings. The molecule has 0 aromatic carbocycles. The number of hydrogen-bond donors (Lipinski definition) is 0. The minimum atomic E-state index is -0.800. The molecule has 0 bridgehead atoms. The maximum Gasteiger partial charge on any atom is 0.306 e. The first kappa shape index (κ1) is 61.9. The van der Waals surface area contributed by atoms with E-state index in [1.165, 1.54) is 128 Å². The number of carbonyl (C=O) groups excluding carboxylic acids is 3. The average molecular weight is 907 g/mol. The first-order valence-electron chi connectivity index (χ1n) is 27.4. The zero-order valence-electron chi connectivity index (χ0n) is 42.7. The third-order valence-electron chi connectivity index (χ3n) is 11.7. The van der Waals surface area contributed by atoms with Crippen LogP contribution >= 0.6 is 0 Å². The van der Waals surface area contributed by atoms with Gasteiger partial charge < -0.3 is 14.2 Å². The second-order valence-electron chi connectivity index (χ2n) is 18.1. The van der Waals surface area contributed by atoms with E-state index in [0.29, 0.717) is 19.3 Å². The Balaban J connectivity index is 4.47. The third-order valence-corrected chi connectivity index (χ3v) is 11.7. The normalized spacial score (nSPS) is 12.6. The van der Waals surface area contributed by atoms with E-state index in [-0.39, 0.29) is 37.5 Å². The lowest BCUT2D eigenvalue weighted by molar-refractivity contribution is -0.167. The first-order valence-corrected chi connectivity index (χ1v) is 27.4. The number of hydrogen-bond acceptors (Lipinski definition) is 6. The van der Waals surface area contributed by atoms with Gasteiger partial charge in [0.05, 0.1) is 0 Å². The molecule has 65 heavy (non-hydrogen) atoms. The van der Waals surface area contributed by atoms with Gasteiger partial charge >= 0.3 is 17.9 Å². The average Bonchev–Trinajstić information content (AvgIpc) is 3.30. The zero-order chi connectivity index (χ0) is 47.2. The summed E-state index contributed by atoms with van der Waals surface area (Å²) in [6, 6.07) is 0. The number of rotatable bonds is 49. The minimum Gasteiger partial charge on any atom is -0.462 e. The molecule has 6 nitrogen and oxygen atoms in total. The molecule has 0 heterocycles. The Labute approximate surface area is 402 Å². The number of carbonyl (C=O) groups is 3. The quantitative estimate of drug-likeness (QED) is 0.0262. The van der Waals surface area contributed by atoms with Crippen molar-refractivity contribution in [2.45, 2.75) is 271 Å². The zero-order valence-corrected chi connectivity index (χ0v) is 42.7. The maximum absolute atomic E-state index is 12.8. The first-order chi connectivity index (χ1) is 32.0. The summed E-state index contributed by atoms with van der Waals surface area (Å²) in [6.07, 6.45) is 67.5. The minimum absolute atomic E-state index is 0.0943. The highest BCUT2D eigenvalue weighted by molar-refractivity contribution is 5.71. The maximum atomic E-state index is 12.8. The molecule has 0 N–H and O–H groups in total. The van der Waals surface area contributed by atoms with E-state index in [1.54, 1.807) is 0 Å². The van der Waals surface area contributed by atoms with Gasteiger partial charge in [0.2, 0.25) is 0 Å². The summed E-state index contributed by atoms with van der Waals surface area (Å²) in [5.74, 6) is -0.957. The molecule has 0 amide bonds. The van der Waals surface area contributed by atoms with E-state index in [1.807, 2.05) is 0 Å². The van der Waals surface area contributed by atoms with Crippen LogP contribution in [0.5, 0.6) is 0 Å². The SMILES string of the molecule is CC/C=C\C/C=C\C/C=C\C/C=C\C/C=C\CCCC(=O)OC[C@@H](COC(=O)CCCCCCCCCCCCCCCC)OC(=O)CCCCCCC/C=C\CCCCCCCCC. The molecule has 0 aliphatic heterocycles. The van der Waals surface area contributed by atoms with Crippen LogP contribution in [0.25, 0.3) is 0 Å². The summed E-state index contributed by atoms with van der Waals surface area (Å²) >= 11 is 0. The fourth-order valence-corrected chi connectivity index (χ4v) is 7.59. The second-order valence-corrected chi connectivity index (χ2v) is 18.1. The standard InChI is InChI=1S/C59H102O6/c1-4-7-10-13-16-19-22-25-28-30-32-34-37-40-43-46-49-52-58(61)64-55-56(54-63-57(60)51-48-45-42-39-36-33-27-24-21-18-15-12-9-6-3)65-59(62)53-50-47-44-41-38-35-31-29-26-23-20-17-14-11-8-5-2/h7,10,16,19,25,28-29,31-32,34,40,43,56H,4-6,8-9,11-15,17-18,20-24,26-27,30,33,35-39,41-42,44-55H2,1-3H3/b10-7-,19-16-,28-25-,31-29-,34-32-,43-40-/t56-/m1/s1. The van der Waals surface area contributed by atoms with E-state index < -0.39 is 6.10 Å².